The summed E-state index contributed by atoms with van der Waals surface area (Å²) in [5, 5.41) is 14.3. The van der Waals surface area contributed by atoms with E-state index in [1.807, 2.05) is 52.0 Å². The molecule has 2 aliphatic carbocycles. The minimum Gasteiger partial charge on any atom is -0.385 e. The Hall–Kier alpha value is -1.00. The van der Waals surface area contributed by atoms with E-state index < -0.39 is 15.8 Å². The molecule has 0 spiro atoms. The van der Waals surface area contributed by atoms with Gasteiger partial charge >= 0.3 is 0 Å². The van der Waals surface area contributed by atoms with Gasteiger partial charge < -0.3 is 10.4 Å². The zero-order valence-electron chi connectivity index (χ0n) is 15.5. The number of allylic oxidation sites excluding steroid dienone is 1. The van der Waals surface area contributed by atoms with Crippen molar-refractivity contribution in [2.45, 2.75) is 70.7 Å². The molecule has 1 fully saturated rings. The molecule has 1 atom stereocenters. The molecule has 134 valence electrons. The zero-order chi connectivity index (χ0) is 18.2. The summed E-state index contributed by atoms with van der Waals surface area (Å²) in [5.41, 5.74) is 0.125. The molecule has 2 aliphatic rings. The Morgan fingerprint density at radius 2 is 1.79 bits per heavy atom. The standard InChI is InChI=1S/C20H31NO2S/c1-14-6-12-20(23,13-7-14)15-8-10-19(5,24)11-9-16(15)21-17(22)18(2,3)4/h8-11,14,23-24H,6-7,12-13H2,1-5H3,(H,21,22). The molecule has 0 saturated heterocycles. The van der Waals surface area contributed by atoms with Gasteiger partial charge in [-0.1, -0.05) is 45.9 Å². The van der Waals surface area contributed by atoms with E-state index in [1.54, 1.807) is 0 Å². The molecule has 1 saturated carbocycles. The molecule has 0 aromatic rings. The van der Waals surface area contributed by atoms with Crippen LogP contribution in [0.1, 0.15) is 60.3 Å². The lowest BCUT2D eigenvalue weighted by molar-refractivity contribution is -0.127. The fraction of sp³-hybridized carbons (Fsp3) is 0.650. The van der Waals surface area contributed by atoms with E-state index in [1.165, 1.54) is 0 Å². The second kappa shape index (κ2) is 6.72. The second-order valence-electron chi connectivity index (χ2n) is 8.64. The van der Waals surface area contributed by atoms with Crippen LogP contribution < -0.4 is 5.32 Å². The van der Waals surface area contributed by atoms with Crippen LogP contribution >= 0.6 is 12.6 Å². The molecule has 2 N–H and O–H groups in total. The number of aliphatic hydroxyl groups is 1. The van der Waals surface area contributed by atoms with Crippen LogP contribution in [0.2, 0.25) is 0 Å². The van der Waals surface area contributed by atoms with Crippen molar-refractivity contribution in [1.29, 1.82) is 0 Å². The average Bonchev–Trinajstić information content (AvgIpc) is 2.61. The number of carbonyl (C=O) groups excluding carboxylic acids is 1. The topological polar surface area (TPSA) is 49.3 Å². The Kier molecular flexibility index (Phi) is 5.41. The quantitative estimate of drug-likeness (QED) is 0.656. The summed E-state index contributed by atoms with van der Waals surface area (Å²) in [5.74, 6) is 0.586. The summed E-state index contributed by atoms with van der Waals surface area (Å²) >= 11 is 4.63. The first-order chi connectivity index (χ1) is 10.9. The number of thiol groups is 1. The number of hydrogen-bond donors (Lipinski definition) is 3. The fourth-order valence-electron chi connectivity index (χ4n) is 3.07. The molecule has 4 heteroatoms. The first-order valence-corrected chi connectivity index (χ1v) is 9.27. The van der Waals surface area contributed by atoms with Gasteiger partial charge in [0.25, 0.3) is 0 Å². The molecule has 0 radical (unpaired) electrons. The van der Waals surface area contributed by atoms with Crippen molar-refractivity contribution in [3.05, 3.63) is 35.6 Å². The summed E-state index contributed by atoms with van der Waals surface area (Å²) in [6.07, 6.45) is 11.2. The second-order valence-corrected chi connectivity index (χ2v) is 9.60. The van der Waals surface area contributed by atoms with Crippen molar-refractivity contribution in [2.24, 2.45) is 11.3 Å². The van der Waals surface area contributed by atoms with E-state index in [4.69, 9.17) is 0 Å². The van der Waals surface area contributed by atoms with Crippen LogP contribution in [-0.2, 0) is 4.79 Å². The molecular formula is C20H31NO2S. The van der Waals surface area contributed by atoms with Gasteiger partial charge in [-0.05, 0) is 44.6 Å². The monoisotopic (exact) mass is 349 g/mol. The van der Waals surface area contributed by atoms with Crippen LogP contribution in [0.3, 0.4) is 0 Å². The molecule has 0 heterocycles. The van der Waals surface area contributed by atoms with Gasteiger partial charge in [-0.15, -0.1) is 0 Å². The van der Waals surface area contributed by atoms with E-state index in [0.717, 1.165) is 31.3 Å². The molecule has 2 rings (SSSR count). The van der Waals surface area contributed by atoms with Gasteiger partial charge in [-0.25, -0.2) is 0 Å². The molecule has 0 bridgehead atoms. The van der Waals surface area contributed by atoms with Crippen LogP contribution in [0, 0.1) is 11.3 Å². The van der Waals surface area contributed by atoms with Gasteiger partial charge in [0.15, 0.2) is 0 Å². The Morgan fingerprint density at radius 3 is 2.33 bits per heavy atom. The van der Waals surface area contributed by atoms with Crippen LogP contribution in [-0.4, -0.2) is 21.4 Å². The van der Waals surface area contributed by atoms with Crippen molar-refractivity contribution in [1.82, 2.24) is 5.32 Å². The minimum atomic E-state index is -0.887. The van der Waals surface area contributed by atoms with Gasteiger partial charge in [0, 0.05) is 21.4 Å². The maximum Gasteiger partial charge on any atom is 0.229 e. The first-order valence-electron chi connectivity index (χ1n) is 8.82. The van der Waals surface area contributed by atoms with E-state index in [-0.39, 0.29) is 5.91 Å². The zero-order valence-corrected chi connectivity index (χ0v) is 16.4. The lowest BCUT2D eigenvalue weighted by Gasteiger charge is -2.37. The lowest BCUT2D eigenvalue weighted by Crippen LogP contribution is -2.40. The molecule has 0 aromatic carbocycles. The highest BCUT2D eigenvalue weighted by Crippen LogP contribution is 2.40. The molecule has 0 aliphatic heterocycles. The third-order valence-electron chi connectivity index (χ3n) is 5.00. The Morgan fingerprint density at radius 1 is 1.25 bits per heavy atom. The number of nitrogens with one attached hydrogen (secondary N) is 1. The lowest BCUT2D eigenvalue weighted by atomic mass is 9.74. The smallest absolute Gasteiger partial charge is 0.229 e. The van der Waals surface area contributed by atoms with Gasteiger partial charge in [-0.2, -0.15) is 12.6 Å². The van der Waals surface area contributed by atoms with Crippen molar-refractivity contribution < 1.29 is 9.90 Å². The normalized spacial score (nSPS) is 34.2. The summed E-state index contributed by atoms with van der Waals surface area (Å²) in [7, 11) is 0. The number of amides is 1. The van der Waals surface area contributed by atoms with E-state index in [9.17, 15) is 9.90 Å². The van der Waals surface area contributed by atoms with Crippen LogP contribution in [0.15, 0.2) is 35.6 Å². The van der Waals surface area contributed by atoms with Crippen LogP contribution in [0.5, 0.6) is 0 Å². The van der Waals surface area contributed by atoms with Crippen molar-refractivity contribution in [3.8, 4) is 0 Å². The summed E-state index contributed by atoms with van der Waals surface area (Å²) in [6, 6.07) is 0. The van der Waals surface area contributed by atoms with Crippen LogP contribution in [0.4, 0.5) is 0 Å². The van der Waals surface area contributed by atoms with Crippen LogP contribution in [0.25, 0.3) is 0 Å². The van der Waals surface area contributed by atoms with Gasteiger partial charge in [0.1, 0.15) is 0 Å². The minimum absolute atomic E-state index is 0.0522. The Balaban J connectivity index is 2.42. The van der Waals surface area contributed by atoms with Crippen molar-refractivity contribution >= 4 is 18.5 Å². The summed E-state index contributed by atoms with van der Waals surface area (Å²) in [4.78, 5) is 12.5. The van der Waals surface area contributed by atoms with E-state index in [0.29, 0.717) is 11.6 Å². The molecular weight excluding hydrogens is 318 g/mol. The maximum absolute atomic E-state index is 12.5. The summed E-state index contributed by atoms with van der Waals surface area (Å²) < 4.78 is -0.405. The molecule has 24 heavy (non-hydrogen) atoms. The first kappa shape index (κ1) is 19.3. The van der Waals surface area contributed by atoms with Gasteiger partial charge in [0.05, 0.1) is 5.60 Å². The number of carbonyl (C=O) groups is 1. The largest absolute Gasteiger partial charge is 0.385 e. The molecule has 3 nitrogen and oxygen atoms in total. The predicted octanol–water partition coefficient (Wildman–Crippen LogP) is 4.16. The van der Waals surface area contributed by atoms with Gasteiger partial charge in [0.2, 0.25) is 5.91 Å². The summed E-state index contributed by atoms with van der Waals surface area (Å²) in [6.45, 7) is 9.88. The highest BCUT2D eigenvalue weighted by molar-refractivity contribution is 7.82. The highest BCUT2D eigenvalue weighted by atomic mass is 32.1. The van der Waals surface area contributed by atoms with E-state index in [2.05, 4.69) is 24.9 Å². The fourth-order valence-corrected chi connectivity index (χ4v) is 3.22. The Labute approximate surface area is 151 Å². The number of hydrogen-bond acceptors (Lipinski definition) is 3. The predicted molar refractivity (Wildman–Crippen MR) is 103 cm³/mol. The third kappa shape index (κ3) is 4.54. The number of rotatable bonds is 2. The van der Waals surface area contributed by atoms with Gasteiger partial charge in [-0.3, -0.25) is 4.79 Å². The highest BCUT2D eigenvalue weighted by Gasteiger charge is 2.37. The van der Waals surface area contributed by atoms with Crippen molar-refractivity contribution in [3.63, 3.8) is 0 Å². The Bertz CT molecular complexity index is 585. The molecule has 1 amide bonds. The third-order valence-corrected chi connectivity index (χ3v) is 5.30. The average molecular weight is 350 g/mol. The molecule has 0 aromatic heterocycles. The SMILES string of the molecule is CC1CCC(O)(C2=C(NC(=O)C(C)(C)C)C=CC(C)(S)C=C2)CC1. The van der Waals surface area contributed by atoms with E-state index >= 15 is 0 Å². The maximum atomic E-state index is 12.5. The molecule has 1 unspecified atom stereocenters. The van der Waals surface area contributed by atoms with Crippen molar-refractivity contribution in [2.75, 3.05) is 0 Å².